The van der Waals surface area contributed by atoms with Crippen molar-refractivity contribution in [3.63, 3.8) is 0 Å². The molecule has 108 valence electrons. The number of carbonyl (C=O) groups excluding carboxylic acids is 1. The van der Waals surface area contributed by atoms with Gasteiger partial charge in [0.1, 0.15) is 0 Å². The van der Waals surface area contributed by atoms with E-state index in [1.165, 1.54) is 0 Å². The maximum Gasteiger partial charge on any atom is 0.335 e. The highest BCUT2D eigenvalue weighted by Crippen LogP contribution is 2.16. The summed E-state index contributed by atoms with van der Waals surface area (Å²) in [6.07, 6.45) is 0. The molecule has 0 saturated heterocycles. The van der Waals surface area contributed by atoms with Crippen LogP contribution < -0.4 is 16.4 Å². The summed E-state index contributed by atoms with van der Waals surface area (Å²) in [6, 6.07) is 13.2. The van der Waals surface area contributed by atoms with E-state index in [-0.39, 0.29) is 5.56 Å². The summed E-state index contributed by atoms with van der Waals surface area (Å²) in [6.45, 7) is 0.542. The van der Waals surface area contributed by atoms with E-state index in [0.29, 0.717) is 12.2 Å². The number of hydrogen-bond donors (Lipinski definition) is 4. The van der Waals surface area contributed by atoms with Crippen LogP contribution in [-0.4, -0.2) is 17.1 Å². The number of urea groups is 1. The van der Waals surface area contributed by atoms with E-state index in [0.717, 1.165) is 11.3 Å². The molecule has 0 aliphatic heterocycles. The van der Waals surface area contributed by atoms with Gasteiger partial charge >= 0.3 is 12.0 Å². The highest BCUT2D eigenvalue weighted by Gasteiger charge is 2.02. The molecular formula is C15H15N3O3. The van der Waals surface area contributed by atoms with Crippen LogP contribution in [0.25, 0.3) is 0 Å². The van der Waals surface area contributed by atoms with Crippen molar-refractivity contribution in [3.05, 3.63) is 59.7 Å². The fraction of sp³-hybridized carbons (Fsp3) is 0.0667. The van der Waals surface area contributed by atoms with Crippen molar-refractivity contribution in [2.24, 2.45) is 5.73 Å². The molecule has 2 rings (SSSR count). The van der Waals surface area contributed by atoms with Gasteiger partial charge in [-0.3, -0.25) is 0 Å². The molecule has 5 N–H and O–H groups in total. The van der Waals surface area contributed by atoms with Gasteiger partial charge in [-0.2, -0.15) is 0 Å². The molecule has 0 bridgehead atoms. The fourth-order valence-corrected chi connectivity index (χ4v) is 1.82. The van der Waals surface area contributed by atoms with Crippen LogP contribution in [0, 0.1) is 0 Å². The minimum absolute atomic E-state index is 0.256. The second kappa shape index (κ2) is 6.42. The molecule has 2 aromatic carbocycles. The van der Waals surface area contributed by atoms with E-state index in [1.807, 2.05) is 6.07 Å². The second-order valence-corrected chi connectivity index (χ2v) is 4.43. The molecule has 0 saturated carbocycles. The van der Waals surface area contributed by atoms with Crippen molar-refractivity contribution in [1.29, 1.82) is 0 Å². The van der Waals surface area contributed by atoms with Gasteiger partial charge in [-0.1, -0.05) is 18.2 Å². The number of aromatic carboxylic acids is 1. The molecule has 2 aromatic rings. The third-order valence-electron chi connectivity index (χ3n) is 2.83. The van der Waals surface area contributed by atoms with Gasteiger partial charge in [0.15, 0.2) is 0 Å². The van der Waals surface area contributed by atoms with E-state index in [1.54, 1.807) is 42.5 Å². The maximum atomic E-state index is 10.8. The monoisotopic (exact) mass is 285 g/mol. The largest absolute Gasteiger partial charge is 0.478 e. The van der Waals surface area contributed by atoms with Gasteiger partial charge in [0.2, 0.25) is 0 Å². The number of carbonyl (C=O) groups is 2. The van der Waals surface area contributed by atoms with Crippen LogP contribution in [0.3, 0.4) is 0 Å². The average Bonchev–Trinajstić information content (AvgIpc) is 2.45. The zero-order valence-corrected chi connectivity index (χ0v) is 11.2. The van der Waals surface area contributed by atoms with Crippen molar-refractivity contribution in [1.82, 2.24) is 0 Å². The van der Waals surface area contributed by atoms with Gasteiger partial charge in [-0.15, -0.1) is 0 Å². The van der Waals surface area contributed by atoms with Crippen LogP contribution in [0.5, 0.6) is 0 Å². The molecule has 0 atom stereocenters. The van der Waals surface area contributed by atoms with Crippen LogP contribution >= 0.6 is 0 Å². The molecule has 2 amide bonds. The number of hydrogen-bond acceptors (Lipinski definition) is 3. The summed E-state index contributed by atoms with van der Waals surface area (Å²) in [5.74, 6) is -0.945. The zero-order valence-electron chi connectivity index (χ0n) is 11.2. The van der Waals surface area contributed by atoms with E-state index in [4.69, 9.17) is 10.8 Å². The predicted octanol–water partition coefficient (Wildman–Crippen LogP) is 2.49. The summed E-state index contributed by atoms with van der Waals surface area (Å²) in [5.41, 5.74) is 7.70. The minimum atomic E-state index is -0.945. The number of nitrogens with one attached hydrogen (secondary N) is 2. The first-order valence-corrected chi connectivity index (χ1v) is 6.27. The first-order chi connectivity index (χ1) is 10.0. The Hall–Kier alpha value is -3.02. The topological polar surface area (TPSA) is 104 Å². The summed E-state index contributed by atoms with van der Waals surface area (Å²) in [7, 11) is 0. The SMILES string of the molecule is NC(=O)Nc1cccc(NCc2ccc(C(=O)O)cc2)c1. The van der Waals surface area contributed by atoms with Crippen molar-refractivity contribution in [2.75, 3.05) is 10.6 Å². The molecule has 0 heterocycles. The molecule has 0 aliphatic carbocycles. The van der Waals surface area contributed by atoms with Crippen molar-refractivity contribution < 1.29 is 14.7 Å². The van der Waals surface area contributed by atoms with Crippen molar-refractivity contribution in [3.8, 4) is 0 Å². The lowest BCUT2D eigenvalue weighted by atomic mass is 10.1. The normalized spacial score (nSPS) is 9.90. The average molecular weight is 285 g/mol. The van der Waals surface area contributed by atoms with E-state index < -0.39 is 12.0 Å². The molecule has 0 fully saturated rings. The summed E-state index contributed by atoms with van der Waals surface area (Å²) < 4.78 is 0. The number of carboxylic acid groups (broad SMARTS) is 1. The van der Waals surface area contributed by atoms with Gasteiger partial charge in [-0.25, -0.2) is 9.59 Å². The van der Waals surface area contributed by atoms with E-state index >= 15 is 0 Å². The van der Waals surface area contributed by atoms with Crippen LogP contribution in [0.2, 0.25) is 0 Å². The van der Waals surface area contributed by atoms with Gasteiger partial charge in [0, 0.05) is 17.9 Å². The Morgan fingerprint density at radius 3 is 2.33 bits per heavy atom. The standard InChI is InChI=1S/C15H15N3O3/c16-15(21)18-13-3-1-2-12(8-13)17-9-10-4-6-11(7-5-10)14(19)20/h1-8,17H,9H2,(H,19,20)(H3,16,18,21). The lowest BCUT2D eigenvalue weighted by molar-refractivity contribution is 0.0697. The van der Waals surface area contributed by atoms with Crippen LogP contribution in [0.4, 0.5) is 16.2 Å². The summed E-state index contributed by atoms with van der Waals surface area (Å²) in [4.78, 5) is 21.5. The Balaban J connectivity index is 1.99. The lowest BCUT2D eigenvalue weighted by Gasteiger charge is -2.09. The predicted molar refractivity (Wildman–Crippen MR) is 80.4 cm³/mol. The number of nitrogens with two attached hydrogens (primary N) is 1. The van der Waals surface area contributed by atoms with Crippen LogP contribution in [0.1, 0.15) is 15.9 Å². The van der Waals surface area contributed by atoms with E-state index in [9.17, 15) is 9.59 Å². The zero-order chi connectivity index (χ0) is 15.2. The third kappa shape index (κ3) is 4.24. The van der Waals surface area contributed by atoms with Gasteiger partial charge in [-0.05, 0) is 35.9 Å². The van der Waals surface area contributed by atoms with Gasteiger partial charge in [0.25, 0.3) is 0 Å². The summed E-state index contributed by atoms with van der Waals surface area (Å²) >= 11 is 0. The molecule has 0 unspecified atom stereocenters. The smallest absolute Gasteiger partial charge is 0.335 e. The van der Waals surface area contributed by atoms with Crippen LogP contribution in [0.15, 0.2) is 48.5 Å². The lowest BCUT2D eigenvalue weighted by Crippen LogP contribution is -2.19. The molecule has 0 spiro atoms. The number of rotatable bonds is 5. The quantitative estimate of drug-likeness (QED) is 0.677. The van der Waals surface area contributed by atoms with Gasteiger partial charge in [0.05, 0.1) is 5.56 Å². The number of benzene rings is 2. The number of primary amides is 1. The molecule has 6 heteroatoms. The maximum absolute atomic E-state index is 10.8. The first kappa shape index (κ1) is 14.4. The number of anilines is 2. The molecule has 6 nitrogen and oxygen atoms in total. The van der Waals surface area contributed by atoms with Gasteiger partial charge < -0.3 is 21.5 Å². The highest BCUT2D eigenvalue weighted by molar-refractivity contribution is 5.88. The Kier molecular flexibility index (Phi) is 4.40. The molecular weight excluding hydrogens is 270 g/mol. The van der Waals surface area contributed by atoms with Crippen molar-refractivity contribution >= 4 is 23.4 Å². The highest BCUT2D eigenvalue weighted by atomic mass is 16.4. The molecule has 0 aliphatic rings. The fourth-order valence-electron chi connectivity index (χ4n) is 1.82. The number of carboxylic acids is 1. The Morgan fingerprint density at radius 1 is 1.05 bits per heavy atom. The molecule has 0 aromatic heterocycles. The molecule has 0 radical (unpaired) electrons. The van der Waals surface area contributed by atoms with Crippen LogP contribution in [-0.2, 0) is 6.54 Å². The Labute approximate surface area is 121 Å². The first-order valence-electron chi connectivity index (χ1n) is 6.27. The Bertz CT molecular complexity index is 653. The third-order valence-corrected chi connectivity index (χ3v) is 2.83. The Morgan fingerprint density at radius 2 is 1.71 bits per heavy atom. The minimum Gasteiger partial charge on any atom is -0.478 e. The summed E-state index contributed by atoms with van der Waals surface area (Å²) in [5, 5.41) is 14.5. The van der Waals surface area contributed by atoms with Crippen molar-refractivity contribution in [2.45, 2.75) is 6.54 Å². The molecule has 21 heavy (non-hydrogen) atoms. The van der Waals surface area contributed by atoms with E-state index in [2.05, 4.69) is 10.6 Å². The second-order valence-electron chi connectivity index (χ2n) is 4.43. The number of amides is 2.